The lowest BCUT2D eigenvalue weighted by molar-refractivity contribution is 0.0947. The van der Waals surface area contributed by atoms with Crippen LogP contribution in [0, 0.1) is 5.92 Å². The zero-order chi connectivity index (χ0) is 14.9. The quantitative estimate of drug-likeness (QED) is 0.758. The Morgan fingerprint density at radius 1 is 1.45 bits per heavy atom. The van der Waals surface area contributed by atoms with E-state index in [1.807, 2.05) is 18.2 Å². The summed E-state index contributed by atoms with van der Waals surface area (Å²) in [4.78, 5) is 12.2. The Bertz CT molecular complexity index is 473. The number of carbonyl (C=O) groups excluding carboxylic acids is 1. The van der Waals surface area contributed by atoms with Gasteiger partial charge >= 0.3 is 0 Å². The first-order chi connectivity index (χ1) is 10.3. The molecule has 0 saturated carbocycles. The Morgan fingerprint density at radius 3 is 3.00 bits per heavy atom. The molecule has 1 fully saturated rings. The molecule has 0 radical (unpaired) electrons. The highest BCUT2D eigenvalue weighted by molar-refractivity contribution is 5.96. The van der Waals surface area contributed by atoms with Crippen LogP contribution < -0.4 is 15.4 Å². The normalized spacial score (nSPS) is 17.2. The first kappa shape index (κ1) is 18.5. The average molecular weight is 325 g/mol. The number of piperidine rings is 1. The number of ether oxygens (including phenoxy) is 1. The number of nitrogens with one attached hydrogen (secondary N) is 2. The highest BCUT2D eigenvalue weighted by Crippen LogP contribution is 2.18. The summed E-state index contributed by atoms with van der Waals surface area (Å²) in [5, 5.41) is 6.39. The molecule has 1 unspecified atom stereocenters. The third-order valence-electron chi connectivity index (χ3n) is 3.73. The second-order valence-electron chi connectivity index (χ2n) is 5.35. The third kappa shape index (κ3) is 5.70. The molecule has 1 atom stereocenters. The van der Waals surface area contributed by atoms with E-state index in [1.165, 1.54) is 12.8 Å². The molecule has 1 aromatic rings. The van der Waals surface area contributed by atoms with Gasteiger partial charge in [-0.1, -0.05) is 24.8 Å². The van der Waals surface area contributed by atoms with Crippen molar-refractivity contribution in [2.75, 3.05) is 26.2 Å². The van der Waals surface area contributed by atoms with Gasteiger partial charge in [0, 0.05) is 6.54 Å². The van der Waals surface area contributed by atoms with Crippen LogP contribution in [0.3, 0.4) is 0 Å². The van der Waals surface area contributed by atoms with Crippen molar-refractivity contribution in [1.29, 1.82) is 0 Å². The lowest BCUT2D eigenvalue weighted by Crippen LogP contribution is -2.33. The zero-order valence-corrected chi connectivity index (χ0v) is 13.7. The number of hydrogen-bond acceptors (Lipinski definition) is 3. The smallest absolute Gasteiger partial charge is 0.255 e. The van der Waals surface area contributed by atoms with Crippen LogP contribution in [0.1, 0.15) is 29.6 Å². The number of amides is 1. The fraction of sp³-hybridized carbons (Fsp3) is 0.471. The van der Waals surface area contributed by atoms with Crippen molar-refractivity contribution in [1.82, 2.24) is 10.6 Å². The fourth-order valence-corrected chi connectivity index (χ4v) is 2.58. The molecule has 0 aliphatic carbocycles. The summed E-state index contributed by atoms with van der Waals surface area (Å²) in [6, 6.07) is 7.31. The number of halogens is 1. The first-order valence-electron chi connectivity index (χ1n) is 7.63. The summed E-state index contributed by atoms with van der Waals surface area (Å²) in [5.74, 6) is 1.21. The summed E-state index contributed by atoms with van der Waals surface area (Å²) in [5.41, 5.74) is 0.584. The van der Waals surface area contributed by atoms with Crippen molar-refractivity contribution in [2.24, 2.45) is 5.92 Å². The maximum atomic E-state index is 12.2. The van der Waals surface area contributed by atoms with E-state index in [0.29, 0.717) is 30.4 Å². The molecule has 1 amide bonds. The molecule has 0 spiro atoms. The first-order valence-corrected chi connectivity index (χ1v) is 7.63. The van der Waals surface area contributed by atoms with Crippen molar-refractivity contribution in [2.45, 2.75) is 19.3 Å². The van der Waals surface area contributed by atoms with E-state index in [4.69, 9.17) is 4.74 Å². The van der Waals surface area contributed by atoms with Crippen LogP contribution in [-0.2, 0) is 0 Å². The minimum Gasteiger partial charge on any atom is -0.489 e. The molecule has 2 N–H and O–H groups in total. The Balaban J connectivity index is 0.00000242. The topological polar surface area (TPSA) is 50.4 Å². The Hall–Kier alpha value is -1.52. The molecule has 122 valence electrons. The second kappa shape index (κ2) is 10.2. The Labute approximate surface area is 138 Å². The van der Waals surface area contributed by atoms with E-state index in [0.717, 1.165) is 19.5 Å². The van der Waals surface area contributed by atoms with E-state index in [-0.39, 0.29) is 18.3 Å². The number of para-hydroxylation sites is 1. The predicted octanol–water partition coefficient (Wildman–Crippen LogP) is 2.79. The molecule has 0 aromatic heterocycles. The van der Waals surface area contributed by atoms with Crippen LogP contribution in [0.15, 0.2) is 36.9 Å². The van der Waals surface area contributed by atoms with E-state index in [2.05, 4.69) is 17.2 Å². The maximum absolute atomic E-state index is 12.2. The molecule has 1 aliphatic heterocycles. The summed E-state index contributed by atoms with van der Waals surface area (Å²) in [6.45, 7) is 6.92. The molecule has 4 nitrogen and oxygen atoms in total. The van der Waals surface area contributed by atoms with Gasteiger partial charge in [0.05, 0.1) is 5.56 Å². The van der Waals surface area contributed by atoms with Crippen molar-refractivity contribution >= 4 is 18.3 Å². The van der Waals surface area contributed by atoms with Crippen LogP contribution in [0.25, 0.3) is 0 Å². The van der Waals surface area contributed by atoms with Gasteiger partial charge in [0.2, 0.25) is 0 Å². The van der Waals surface area contributed by atoms with Gasteiger partial charge in [-0.3, -0.25) is 4.79 Å². The number of rotatable bonds is 7. The second-order valence-corrected chi connectivity index (χ2v) is 5.35. The highest BCUT2D eigenvalue weighted by atomic mass is 35.5. The highest BCUT2D eigenvalue weighted by Gasteiger charge is 2.15. The monoisotopic (exact) mass is 324 g/mol. The molecule has 2 rings (SSSR count). The standard InChI is InChI=1S/C17H24N2O2.ClH/c1-2-12-21-16-8-4-3-7-15(16)17(20)19-11-9-14-6-5-10-18-13-14;/h2-4,7-8,14,18H,1,5-6,9-13H2,(H,19,20);1H. The number of hydrogen-bond donors (Lipinski definition) is 2. The van der Waals surface area contributed by atoms with Gasteiger partial charge < -0.3 is 15.4 Å². The largest absolute Gasteiger partial charge is 0.489 e. The molecule has 1 heterocycles. The van der Waals surface area contributed by atoms with Gasteiger partial charge in [0.1, 0.15) is 12.4 Å². The summed E-state index contributed by atoms with van der Waals surface area (Å²) in [6.07, 6.45) is 5.18. The summed E-state index contributed by atoms with van der Waals surface area (Å²) >= 11 is 0. The molecule has 5 heteroatoms. The molecule has 1 aromatic carbocycles. The number of benzene rings is 1. The van der Waals surface area contributed by atoms with Gasteiger partial charge in [-0.2, -0.15) is 0 Å². The van der Waals surface area contributed by atoms with Crippen LogP contribution in [-0.4, -0.2) is 32.1 Å². The third-order valence-corrected chi connectivity index (χ3v) is 3.73. The maximum Gasteiger partial charge on any atom is 0.255 e. The van der Waals surface area contributed by atoms with Gasteiger partial charge in [0.15, 0.2) is 0 Å². The molecule has 22 heavy (non-hydrogen) atoms. The zero-order valence-electron chi connectivity index (χ0n) is 12.8. The lowest BCUT2D eigenvalue weighted by atomic mass is 9.96. The van der Waals surface area contributed by atoms with Gasteiger partial charge in [0.25, 0.3) is 5.91 Å². The van der Waals surface area contributed by atoms with E-state index in [9.17, 15) is 4.79 Å². The van der Waals surface area contributed by atoms with Crippen LogP contribution in [0.2, 0.25) is 0 Å². The minimum atomic E-state index is -0.0709. The minimum absolute atomic E-state index is 0. The predicted molar refractivity (Wildman–Crippen MR) is 91.9 cm³/mol. The SMILES string of the molecule is C=CCOc1ccccc1C(=O)NCCC1CCCNC1.Cl. The molecule has 0 bridgehead atoms. The van der Waals surface area contributed by atoms with Crippen molar-refractivity contribution in [3.05, 3.63) is 42.5 Å². The van der Waals surface area contributed by atoms with Crippen molar-refractivity contribution in [3.8, 4) is 5.75 Å². The van der Waals surface area contributed by atoms with Gasteiger partial charge in [-0.05, 0) is 50.4 Å². The molecular formula is C17H25ClN2O2. The Morgan fingerprint density at radius 2 is 2.27 bits per heavy atom. The molecular weight excluding hydrogens is 300 g/mol. The van der Waals surface area contributed by atoms with E-state index >= 15 is 0 Å². The van der Waals surface area contributed by atoms with Crippen LogP contribution >= 0.6 is 12.4 Å². The van der Waals surface area contributed by atoms with Gasteiger partial charge in [-0.15, -0.1) is 12.4 Å². The van der Waals surface area contributed by atoms with E-state index in [1.54, 1.807) is 12.1 Å². The van der Waals surface area contributed by atoms with Gasteiger partial charge in [-0.25, -0.2) is 0 Å². The fourth-order valence-electron chi connectivity index (χ4n) is 2.58. The van der Waals surface area contributed by atoms with Crippen molar-refractivity contribution < 1.29 is 9.53 Å². The van der Waals surface area contributed by atoms with Crippen molar-refractivity contribution in [3.63, 3.8) is 0 Å². The van der Waals surface area contributed by atoms with Crippen LogP contribution in [0.4, 0.5) is 0 Å². The molecule has 1 aliphatic rings. The molecule has 1 saturated heterocycles. The number of carbonyl (C=O) groups is 1. The average Bonchev–Trinajstić information content (AvgIpc) is 2.54. The summed E-state index contributed by atoms with van der Waals surface area (Å²) in [7, 11) is 0. The van der Waals surface area contributed by atoms with E-state index < -0.39 is 0 Å². The summed E-state index contributed by atoms with van der Waals surface area (Å²) < 4.78 is 5.51. The Kier molecular flexibility index (Phi) is 8.63. The lowest BCUT2D eigenvalue weighted by Gasteiger charge is -2.22. The van der Waals surface area contributed by atoms with Crippen LogP contribution in [0.5, 0.6) is 5.75 Å².